The van der Waals surface area contributed by atoms with Crippen LogP contribution in [0.25, 0.3) is 11.0 Å². The van der Waals surface area contributed by atoms with E-state index in [2.05, 4.69) is 22.7 Å². The molecule has 5 nitrogen and oxygen atoms in total. The van der Waals surface area contributed by atoms with E-state index in [-0.39, 0.29) is 17.4 Å². The molecule has 0 radical (unpaired) electrons. The Kier molecular flexibility index (Phi) is 3.80. The molecule has 0 saturated carbocycles. The Labute approximate surface area is 151 Å². The van der Waals surface area contributed by atoms with Gasteiger partial charge in [-0.3, -0.25) is 0 Å². The largest absolute Gasteiger partial charge is 0.506 e. The monoisotopic (exact) mass is 348 g/mol. The van der Waals surface area contributed by atoms with Gasteiger partial charge in [0.05, 0.1) is 17.1 Å². The van der Waals surface area contributed by atoms with E-state index in [9.17, 15) is 9.90 Å². The van der Waals surface area contributed by atoms with Crippen molar-refractivity contribution >= 4 is 16.7 Å². The fourth-order valence-corrected chi connectivity index (χ4v) is 3.57. The molecule has 4 rings (SSSR count). The molecule has 3 aromatic rings. The number of hydrogen-bond donors (Lipinski definition) is 2. The van der Waals surface area contributed by atoms with Crippen LogP contribution in [0.1, 0.15) is 40.3 Å². The predicted molar refractivity (Wildman–Crippen MR) is 102 cm³/mol. The average molecular weight is 348 g/mol. The third-order valence-corrected chi connectivity index (χ3v) is 5.15. The van der Waals surface area contributed by atoms with Gasteiger partial charge < -0.3 is 14.9 Å². The minimum Gasteiger partial charge on any atom is -0.506 e. The first-order chi connectivity index (χ1) is 12.5. The minimum atomic E-state index is -0.370. The average Bonchev–Trinajstić information content (AvgIpc) is 3.10. The second kappa shape index (κ2) is 6.02. The van der Waals surface area contributed by atoms with Crippen LogP contribution in [0.5, 0.6) is 5.75 Å². The SMILES string of the molecule is Cc1cc2oc(=O)c(C)c(C)c2c(O)c1C1=NN[C@H](c2ccccc2)C1. The lowest BCUT2D eigenvalue weighted by molar-refractivity contribution is 0.476. The van der Waals surface area contributed by atoms with Gasteiger partial charge in [-0.25, -0.2) is 4.79 Å². The van der Waals surface area contributed by atoms with Gasteiger partial charge in [-0.15, -0.1) is 0 Å². The summed E-state index contributed by atoms with van der Waals surface area (Å²) in [5.41, 5.74) is 7.94. The predicted octanol–water partition coefficient (Wildman–Crippen LogP) is 3.86. The molecule has 0 spiro atoms. The number of nitrogens with one attached hydrogen (secondary N) is 1. The van der Waals surface area contributed by atoms with Crippen LogP contribution in [0.3, 0.4) is 0 Å². The first-order valence-electron chi connectivity index (χ1n) is 8.61. The Morgan fingerprint density at radius 1 is 1.15 bits per heavy atom. The van der Waals surface area contributed by atoms with E-state index >= 15 is 0 Å². The van der Waals surface area contributed by atoms with Crippen molar-refractivity contribution in [1.82, 2.24) is 5.43 Å². The summed E-state index contributed by atoms with van der Waals surface area (Å²) in [7, 11) is 0. The highest BCUT2D eigenvalue weighted by Crippen LogP contribution is 2.37. The number of rotatable bonds is 2. The maximum Gasteiger partial charge on any atom is 0.339 e. The molecular formula is C21H20N2O3. The van der Waals surface area contributed by atoms with Crippen LogP contribution in [0.15, 0.2) is 50.7 Å². The van der Waals surface area contributed by atoms with Crippen LogP contribution in [-0.2, 0) is 0 Å². The first kappa shape index (κ1) is 16.4. The van der Waals surface area contributed by atoms with Gasteiger partial charge in [0.15, 0.2) is 0 Å². The third kappa shape index (κ3) is 2.47. The number of nitrogens with zero attached hydrogens (tertiary/aromatic N) is 1. The Morgan fingerprint density at radius 3 is 2.62 bits per heavy atom. The molecule has 2 N–H and O–H groups in total. The van der Waals surface area contributed by atoms with Crippen molar-refractivity contribution in [2.45, 2.75) is 33.2 Å². The van der Waals surface area contributed by atoms with Gasteiger partial charge in [0, 0.05) is 17.5 Å². The van der Waals surface area contributed by atoms with E-state index in [0.717, 1.165) is 22.4 Å². The first-order valence-corrected chi connectivity index (χ1v) is 8.61. The van der Waals surface area contributed by atoms with Crippen LogP contribution >= 0.6 is 0 Å². The fourth-order valence-electron chi connectivity index (χ4n) is 3.57. The third-order valence-electron chi connectivity index (χ3n) is 5.15. The summed E-state index contributed by atoms with van der Waals surface area (Å²) in [6, 6.07) is 12.0. The summed E-state index contributed by atoms with van der Waals surface area (Å²) in [5.74, 6) is 0.124. The molecule has 0 bridgehead atoms. The standard InChI is InChI=1S/C21H20N2O3/c1-11-9-17-19(12(2)13(3)21(25)26-17)20(24)18(11)16-10-15(22-23-16)14-7-5-4-6-8-14/h4-9,15,22,24H,10H2,1-3H3/t15-/m0/s1. The van der Waals surface area contributed by atoms with Crippen LogP contribution in [0.2, 0.25) is 0 Å². The van der Waals surface area contributed by atoms with Gasteiger partial charge in [0.2, 0.25) is 0 Å². The fraction of sp³-hybridized carbons (Fsp3) is 0.238. The highest BCUT2D eigenvalue weighted by molar-refractivity contribution is 6.09. The summed E-state index contributed by atoms with van der Waals surface area (Å²) < 4.78 is 5.37. The zero-order valence-corrected chi connectivity index (χ0v) is 15.0. The number of aromatic hydroxyl groups is 1. The Hall–Kier alpha value is -3.08. The van der Waals surface area contributed by atoms with E-state index < -0.39 is 0 Å². The lowest BCUT2D eigenvalue weighted by atomic mass is 9.93. The van der Waals surface area contributed by atoms with Gasteiger partial charge in [0.25, 0.3) is 0 Å². The topological polar surface area (TPSA) is 74.8 Å². The van der Waals surface area contributed by atoms with E-state index in [1.807, 2.05) is 32.0 Å². The molecule has 26 heavy (non-hydrogen) atoms. The maximum absolute atomic E-state index is 11.9. The van der Waals surface area contributed by atoms with E-state index in [4.69, 9.17) is 4.42 Å². The highest BCUT2D eigenvalue weighted by atomic mass is 16.4. The van der Waals surface area contributed by atoms with Gasteiger partial charge in [-0.05, 0) is 43.5 Å². The summed E-state index contributed by atoms with van der Waals surface area (Å²) in [6.07, 6.45) is 0.679. The van der Waals surface area contributed by atoms with E-state index in [1.54, 1.807) is 13.0 Å². The molecule has 132 valence electrons. The number of hydrogen-bond acceptors (Lipinski definition) is 5. The van der Waals surface area contributed by atoms with Gasteiger partial charge in [0.1, 0.15) is 11.3 Å². The molecule has 0 saturated heterocycles. The lowest BCUT2D eigenvalue weighted by Gasteiger charge is -2.14. The summed E-state index contributed by atoms with van der Waals surface area (Å²) in [6.45, 7) is 5.43. The van der Waals surface area contributed by atoms with Crippen molar-refractivity contribution in [1.29, 1.82) is 0 Å². The Balaban J connectivity index is 1.82. The molecular weight excluding hydrogens is 328 g/mol. The minimum absolute atomic E-state index is 0.0808. The van der Waals surface area contributed by atoms with E-state index in [0.29, 0.717) is 28.5 Å². The number of benzene rings is 2. The second-order valence-electron chi connectivity index (χ2n) is 6.78. The zero-order valence-electron chi connectivity index (χ0n) is 15.0. The number of hydrazone groups is 1. The van der Waals surface area contributed by atoms with Crippen LogP contribution < -0.4 is 11.1 Å². The molecule has 1 aliphatic rings. The van der Waals surface area contributed by atoms with Crippen LogP contribution in [0, 0.1) is 20.8 Å². The lowest BCUT2D eigenvalue weighted by Crippen LogP contribution is -2.10. The maximum atomic E-state index is 11.9. The quantitative estimate of drug-likeness (QED) is 0.690. The smallest absolute Gasteiger partial charge is 0.339 e. The van der Waals surface area contributed by atoms with E-state index in [1.165, 1.54) is 0 Å². The number of aryl methyl sites for hydroxylation is 2. The van der Waals surface area contributed by atoms with Crippen molar-refractivity contribution < 1.29 is 9.52 Å². The molecule has 0 fully saturated rings. The highest BCUT2D eigenvalue weighted by Gasteiger charge is 2.26. The molecule has 1 atom stereocenters. The number of fused-ring (bicyclic) bond motifs is 1. The Bertz CT molecular complexity index is 1100. The second-order valence-corrected chi connectivity index (χ2v) is 6.78. The normalized spacial score (nSPS) is 16.6. The van der Waals surface area contributed by atoms with Crippen molar-refractivity contribution in [2.24, 2.45) is 5.10 Å². The zero-order chi connectivity index (χ0) is 18.4. The molecule has 5 heteroatoms. The van der Waals surface area contributed by atoms with Gasteiger partial charge in [-0.1, -0.05) is 30.3 Å². The molecule has 2 heterocycles. The summed E-state index contributed by atoms with van der Waals surface area (Å²) >= 11 is 0. The van der Waals surface area contributed by atoms with Crippen molar-refractivity contribution in [3.63, 3.8) is 0 Å². The Morgan fingerprint density at radius 2 is 1.88 bits per heavy atom. The molecule has 0 amide bonds. The molecule has 1 aliphatic heterocycles. The molecule has 1 aromatic heterocycles. The number of phenolic OH excluding ortho intramolecular Hbond substituents is 1. The molecule has 2 aromatic carbocycles. The summed E-state index contributed by atoms with van der Waals surface area (Å²) in [5, 5.41) is 16.0. The van der Waals surface area contributed by atoms with Crippen LogP contribution in [-0.4, -0.2) is 10.8 Å². The van der Waals surface area contributed by atoms with Crippen molar-refractivity contribution in [3.8, 4) is 5.75 Å². The number of phenols is 1. The van der Waals surface area contributed by atoms with Gasteiger partial charge >= 0.3 is 5.63 Å². The van der Waals surface area contributed by atoms with Gasteiger partial charge in [-0.2, -0.15) is 5.10 Å². The van der Waals surface area contributed by atoms with Crippen molar-refractivity contribution in [2.75, 3.05) is 0 Å². The van der Waals surface area contributed by atoms with Crippen molar-refractivity contribution in [3.05, 3.63) is 74.6 Å². The van der Waals surface area contributed by atoms with Crippen LogP contribution in [0.4, 0.5) is 0 Å². The summed E-state index contributed by atoms with van der Waals surface area (Å²) in [4.78, 5) is 11.9. The molecule has 0 aliphatic carbocycles. The molecule has 0 unspecified atom stereocenters.